The highest BCUT2D eigenvalue weighted by molar-refractivity contribution is 5.99. The summed E-state index contributed by atoms with van der Waals surface area (Å²) in [6.45, 7) is 4.72. The number of anilines is 2. The Morgan fingerprint density at radius 1 is 1.05 bits per heavy atom. The van der Waals surface area contributed by atoms with Crippen molar-refractivity contribution < 1.29 is 9.53 Å². The maximum atomic E-state index is 13.6. The van der Waals surface area contributed by atoms with E-state index in [0.717, 1.165) is 42.8 Å². The number of hydrogen-bond donors (Lipinski definition) is 2. The van der Waals surface area contributed by atoms with Gasteiger partial charge < -0.3 is 25.3 Å². The summed E-state index contributed by atoms with van der Waals surface area (Å²) in [6, 6.07) is 26.2. The van der Waals surface area contributed by atoms with Crippen LogP contribution in [-0.4, -0.2) is 52.2 Å². The van der Waals surface area contributed by atoms with Crippen molar-refractivity contribution in [3.63, 3.8) is 0 Å². The monoisotopic (exact) mass is 497 g/mol. The van der Waals surface area contributed by atoms with Crippen molar-refractivity contribution in [1.29, 1.82) is 0 Å². The van der Waals surface area contributed by atoms with E-state index >= 15 is 0 Å². The van der Waals surface area contributed by atoms with Crippen LogP contribution in [0.1, 0.15) is 35.7 Å². The lowest BCUT2D eigenvalue weighted by molar-refractivity contribution is 0.0603. The van der Waals surface area contributed by atoms with Crippen molar-refractivity contribution in [2.75, 3.05) is 30.8 Å². The summed E-state index contributed by atoms with van der Waals surface area (Å²) in [5, 5.41) is 3.73. The van der Waals surface area contributed by atoms with Crippen LogP contribution in [-0.2, 0) is 17.7 Å². The van der Waals surface area contributed by atoms with Gasteiger partial charge in [0.25, 0.3) is 5.91 Å². The molecule has 2 atom stereocenters. The topological polar surface area (TPSA) is 85.4 Å². The minimum absolute atomic E-state index is 0.00133. The number of piperidine rings is 1. The van der Waals surface area contributed by atoms with E-state index in [9.17, 15) is 4.79 Å². The molecule has 7 heteroatoms. The first-order valence-corrected chi connectivity index (χ1v) is 13.1. The van der Waals surface area contributed by atoms with Crippen molar-refractivity contribution in [2.45, 2.75) is 44.8 Å². The first kappa shape index (κ1) is 24.8. The predicted molar refractivity (Wildman–Crippen MR) is 149 cm³/mol. The molecule has 0 spiro atoms. The molecular weight excluding hydrogens is 462 g/mol. The third-order valence-electron chi connectivity index (χ3n) is 7.13. The fraction of sp³-hybridized carbons (Fsp3) is 0.333. The summed E-state index contributed by atoms with van der Waals surface area (Å²) < 4.78 is 7.85. The van der Waals surface area contributed by atoms with Crippen LogP contribution in [0.25, 0.3) is 11.0 Å². The molecule has 0 saturated carbocycles. The number of hydrogen-bond acceptors (Lipinski definition) is 5. The molecule has 0 unspecified atom stereocenters. The first-order valence-electron chi connectivity index (χ1n) is 13.1. The number of imidazole rings is 1. The number of fused-ring (bicyclic) bond motifs is 1. The maximum absolute atomic E-state index is 13.6. The molecule has 37 heavy (non-hydrogen) atoms. The van der Waals surface area contributed by atoms with Gasteiger partial charge >= 0.3 is 0 Å². The second kappa shape index (κ2) is 11.5. The summed E-state index contributed by atoms with van der Waals surface area (Å²) in [5.74, 6) is 0.859. The van der Waals surface area contributed by atoms with Crippen LogP contribution in [0.3, 0.4) is 0 Å². The number of para-hydroxylation sites is 3. The van der Waals surface area contributed by atoms with E-state index in [0.29, 0.717) is 31.0 Å². The minimum atomic E-state index is 0.00133. The highest BCUT2D eigenvalue weighted by Gasteiger charge is 2.33. The highest BCUT2D eigenvalue weighted by Crippen LogP contribution is 2.28. The molecule has 0 aliphatic carbocycles. The number of carbonyl (C=O) groups excluding carboxylic acids is 1. The number of carbonyl (C=O) groups is 1. The van der Waals surface area contributed by atoms with Gasteiger partial charge in [0.15, 0.2) is 0 Å². The lowest BCUT2D eigenvalue weighted by Gasteiger charge is -2.40. The average molecular weight is 498 g/mol. The molecule has 1 aliphatic rings. The first-order chi connectivity index (χ1) is 18.1. The van der Waals surface area contributed by atoms with E-state index in [-0.39, 0.29) is 18.0 Å². The molecule has 2 heterocycles. The van der Waals surface area contributed by atoms with E-state index in [1.54, 1.807) is 6.07 Å². The van der Waals surface area contributed by atoms with Gasteiger partial charge in [-0.25, -0.2) is 4.98 Å². The number of nitrogen functional groups attached to an aromatic ring is 1. The Balaban J connectivity index is 1.39. The third kappa shape index (κ3) is 5.62. The summed E-state index contributed by atoms with van der Waals surface area (Å²) in [5.41, 5.74) is 10.6. The van der Waals surface area contributed by atoms with Crippen molar-refractivity contribution >= 4 is 28.6 Å². The Hall–Kier alpha value is -3.84. The second-order valence-corrected chi connectivity index (χ2v) is 9.57. The van der Waals surface area contributed by atoms with Gasteiger partial charge in [0.05, 0.1) is 23.2 Å². The number of nitrogens with one attached hydrogen (secondary N) is 1. The van der Waals surface area contributed by atoms with Gasteiger partial charge in [0, 0.05) is 37.5 Å². The molecule has 7 nitrogen and oxygen atoms in total. The zero-order valence-electron chi connectivity index (χ0n) is 21.3. The van der Waals surface area contributed by atoms with Crippen LogP contribution in [0, 0.1) is 0 Å². The third-order valence-corrected chi connectivity index (χ3v) is 7.13. The summed E-state index contributed by atoms with van der Waals surface area (Å²) in [4.78, 5) is 20.5. The number of likely N-dealkylation sites (tertiary alicyclic amines) is 1. The fourth-order valence-electron chi connectivity index (χ4n) is 5.27. The van der Waals surface area contributed by atoms with Gasteiger partial charge in [-0.1, -0.05) is 54.6 Å². The number of rotatable bonds is 9. The summed E-state index contributed by atoms with van der Waals surface area (Å²) in [6.07, 6.45) is 2.44. The Bertz CT molecular complexity index is 1340. The second-order valence-electron chi connectivity index (χ2n) is 9.57. The smallest absolute Gasteiger partial charge is 0.256 e. The molecule has 5 rings (SSSR count). The van der Waals surface area contributed by atoms with Gasteiger partial charge in [-0.05, 0) is 56.0 Å². The number of amides is 1. The zero-order chi connectivity index (χ0) is 25.6. The number of nitrogens with two attached hydrogens (primary N) is 1. The number of aromatic nitrogens is 2. The molecule has 3 N–H and O–H groups in total. The zero-order valence-corrected chi connectivity index (χ0v) is 21.3. The Morgan fingerprint density at radius 2 is 1.81 bits per heavy atom. The van der Waals surface area contributed by atoms with Gasteiger partial charge in [0.2, 0.25) is 5.95 Å². The van der Waals surface area contributed by atoms with Crippen LogP contribution >= 0.6 is 0 Å². The van der Waals surface area contributed by atoms with E-state index < -0.39 is 0 Å². The van der Waals surface area contributed by atoms with Crippen LogP contribution in [0.2, 0.25) is 0 Å². The van der Waals surface area contributed by atoms with Crippen molar-refractivity contribution in [3.05, 3.63) is 90.0 Å². The molecule has 1 saturated heterocycles. The van der Waals surface area contributed by atoms with Crippen LogP contribution in [0.5, 0.6) is 0 Å². The van der Waals surface area contributed by atoms with E-state index in [2.05, 4.69) is 40.2 Å². The highest BCUT2D eigenvalue weighted by atomic mass is 16.5. The average Bonchev–Trinajstić information content (AvgIpc) is 3.26. The Morgan fingerprint density at radius 3 is 2.62 bits per heavy atom. The SMILES string of the molecule is CCOCCn1c(N[C@H]2CCN(C(=O)c3ccccc3N)[C@H](Cc3ccccc3)C2)nc2ccccc21. The van der Waals surface area contributed by atoms with Crippen LogP contribution in [0.4, 0.5) is 11.6 Å². The number of nitrogens with zero attached hydrogens (tertiary/aromatic N) is 3. The maximum Gasteiger partial charge on any atom is 0.256 e. The standard InChI is InChI=1S/C30H35N5O2/c1-2-37-19-18-35-28-15-9-8-14-27(28)33-30(35)32-23-16-17-34(29(36)25-12-6-7-13-26(25)31)24(21-23)20-22-10-4-3-5-11-22/h3-15,23-24H,2,16-21,31H2,1H3,(H,32,33)/t23-,24+/m0/s1. The molecule has 1 aromatic heterocycles. The van der Waals surface area contributed by atoms with Crippen molar-refractivity contribution in [1.82, 2.24) is 14.5 Å². The lowest BCUT2D eigenvalue weighted by atomic mass is 9.91. The molecule has 1 aliphatic heterocycles. The lowest BCUT2D eigenvalue weighted by Crippen LogP contribution is -2.50. The molecule has 0 radical (unpaired) electrons. The van der Waals surface area contributed by atoms with Gasteiger partial charge in [0.1, 0.15) is 0 Å². The minimum Gasteiger partial charge on any atom is -0.398 e. The molecule has 1 fully saturated rings. The molecule has 1 amide bonds. The summed E-state index contributed by atoms with van der Waals surface area (Å²) in [7, 11) is 0. The van der Waals surface area contributed by atoms with Gasteiger partial charge in [-0.3, -0.25) is 4.79 Å². The summed E-state index contributed by atoms with van der Waals surface area (Å²) >= 11 is 0. The molecule has 3 aromatic carbocycles. The van der Waals surface area contributed by atoms with Crippen molar-refractivity contribution in [3.8, 4) is 0 Å². The molecular formula is C30H35N5O2. The van der Waals surface area contributed by atoms with Crippen LogP contribution in [0.15, 0.2) is 78.9 Å². The van der Waals surface area contributed by atoms with Gasteiger partial charge in [-0.2, -0.15) is 0 Å². The molecule has 4 aromatic rings. The quantitative estimate of drug-likeness (QED) is 0.252. The predicted octanol–water partition coefficient (Wildman–Crippen LogP) is 4.98. The van der Waals surface area contributed by atoms with Crippen LogP contribution < -0.4 is 11.1 Å². The number of ether oxygens (including phenoxy) is 1. The molecule has 192 valence electrons. The van der Waals surface area contributed by atoms with Crippen molar-refractivity contribution in [2.24, 2.45) is 0 Å². The van der Waals surface area contributed by atoms with Gasteiger partial charge in [-0.15, -0.1) is 0 Å². The number of benzene rings is 3. The Kier molecular flexibility index (Phi) is 7.70. The Labute approximate surface area is 218 Å². The largest absolute Gasteiger partial charge is 0.398 e. The van der Waals surface area contributed by atoms with E-state index in [4.69, 9.17) is 15.5 Å². The van der Waals surface area contributed by atoms with E-state index in [1.165, 1.54) is 5.56 Å². The normalized spacial score (nSPS) is 17.7. The fourth-order valence-corrected chi connectivity index (χ4v) is 5.27. The van der Waals surface area contributed by atoms with E-state index in [1.807, 2.05) is 54.3 Å². The molecule has 0 bridgehead atoms.